The van der Waals surface area contributed by atoms with Gasteiger partial charge in [-0.1, -0.05) is 25.7 Å². The minimum absolute atomic E-state index is 0.0237. The van der Waals surface area contributed by atoms with Crippen molar-refractivity contribution in [2.24, 2.45) is 11.7 Å². The van der Waals surface area contributed by atoms with Crippen molar-refractivity contribution >= 4 is 17.2 Å². The number of hydrogen-bond donors (Lipinski definition) is 2. The molecule has 1 unspecified atom stereocenters. The molecular formula is C16H25N3OS. The Hall–Kier alpha value is -1.35. The molecule has 1 heterocycles. The van der Waals surface area contributed by atoms with Crippen LogP contribution in [0.3, 0.4) is 0 Å². The zero-order valence-corrected chi connectivity index (χ0v) is 14.3. The van der Waals surface area contributed by atoms with Crippen molar-refractivity contribution in [3.05, 3.63) is 21.4 Å². The van der Waals surface area contributed by atoms with Crippen LogP contribution in [0.1, 0.15) is 34.0 Å². The number of carbonyl (C=O) groups is 1. The Balaban J connectivity index is 2.83. The molecule has 0 aromatic carbocycles. The minimum Gasteiger partial charge on any atom is -0.347 e. The van der Waals surface area contributed by atoms with Crippen LogP contribution in [0.2, 0.25) is 0 Å². The number of likely N-dealkylation sites (N-methyl/N-ethyl adjacent to an activating group) is 1. The largest absolute Gasteiger partial charge is 0.347 e. The SMILES string of the molecule is Cc1cc(C(=O)NC(CN(C)C)C(C)C)sc1C#CCN. The second-order valence-corrected chi connectivity index (χ2v) is 6.77. The number of amides is 1. The normalized spacial score (nSPS) is 12.2. The number of thiophene rings is 1. The van der Waals surface area contributed by atoms with Gasteiger partial charge in [0.05, 0.1) is 16.3 Å². The van der Waals surface area contributed by atoms with Crippen LogP contribution >= 0.6 is 11.3 Å². The molecule has 0 saturated carbocycles. The van der Waals surface area contributed by atoms with Crippen LogP contribution < -0.4 is 11.1 Å². The number of nitrogens with zero attached hydrogens (tertiary/aromatic N) is 1. The van der Waals surface area contributed by atoms with E-state index in [2.05, 4.69) is 35.9 Å². The first-order chi connectivity index (χ1) is 9.85. The highest BCUT2D eigenvalue weighted by molar-refractivity contribution is 7.14. The average Bonchev–Trinajstić information content (AvgIpc) is 2.76. The van der Waals surface area contributed by atoms with Gasteiger partial charge < -0.3 is 16.0 Å². The fourth-order valence-corrected chi connectivity index (χ4v) is 2.86. The molecule has 21 heavy (non-hydrogen) atoms. The second-order valence-electron chi connectivity index (χ2n) is 5.71. The Morgan fingerprint density at radius 2 is 2.14 bits per heavy atom. The van der Waals surface area contributed by atoms with Gasteiger partial charge in [0, 0.05) is 12.6 Å². The van der Waals surface area contributed by atoms with Crippen LogP contribution in [-0.4, -0.2) is 44.0 Å². The van der Waals surface area contributed by atoms with Gasteiger partial charge >= 0.3 is 0 Å². The lowest BCUT2D eigenvalue weighted by molar-refractivity contribution is 0.0921. The Labute approximate surface area is 131 Å². The van der Waals surface area contributed by atoms with Crippen LogP contribution in [0.4, 0.5) is 0 Å². The molecule has 4 nitrogen and oxygen atoms in total. The Morgan fingerprint density at radius 1 is 1.48 bits per heavy atom. The molecule has 1 atom stereocenters. The van der Waals surface area contributed by atoms with Gasteiger partial charge in [0.2, 0.25) is 0 Å². The molecule has 0 spiro atoms. The van der Waals surface area contributed by atoms with Crippen LogP contribution in [0.5, 0.6) is 0 Å². The number of rotatable bonds is 5. The molecule has 1 amide bonds. The number of hydrogen-bond acceptors (Lipinski definition) is 4. The summed E-state index contributed by atoms with van der Waals surface area (Å²) < 4.78 is 0. The van der Waals surface area contributed by atoms with Crippen molar-refractivity contribution < 1.29 is 4.79 Å². The average molecular weight is 307 g/mol. The Kier molecular flexibility index (Phi) is 6.90. The third-order valence-corrected chi connectivity index (χ3v) is 4.28. The first-order valence-electron chi connectivity index (χ1n) is 7.10. The fourth-order valence-electron chi connectivity index (χ4n) is 1.91. The molecule has 1 rings (SSSR count). The topological polar surface area (TPSA) is 58.4 Å². The number of nitrogens with one attached hydrogen (secondary N) is 1. The molecule has 5 heteroatoms. The first kappa shape index (κ1) is 17.7. The highest BCUT2D eigenvalue weighted by Crippen LogP contribution is 2.21. The van der Waals surface area contributed by atoms with E-state index < -0.39 is 0 Å². The van der Waals surface area contributed by atoms with Crippen LogP contribution in [0, 0.1) is 24.7 Å². The summed E-state index contributed by atoms with van der Waals surface area (Å²) in [4.78, 5) is 16.1. The molecule has 0 saturated heterocycles. The Bertz CT molecular complexity index is 537. The van der Waals surface area contributed by atoms with Crippen molar-refractivity contribution in [1.82, 2.24) is 10.2 Å². The standard InChI is InChI=1S/C16H25N3OS/c1-11(2)13(10-19(4)5)18-16(20)15-9-12(3)14(21-15)7-6-8-17/h9,11,13H,8,10,17H2,1-5H3,(H,18,20). The van der Waals surface area contributed by atoms with Gasteiger partial charge in [-0.15, -0.1) is 11.3 Å². The molecule has 0 bridgehead atoms. The highest BCUT2D eigenvalue weighted by atomic mass is 32.1. The van der Waals surface area contributed by atoms with E-state index in [9.17, 15) is 4.79 Å². The molecular weight excluding hydrogens is 282 g/mol. The van der Waals surface area contributed by atoms with E-state index in [4.69, 9.17) is 5.73 Å². The third kappa shape index (κ3) is 5.50. The lowest BCUT2D eigenvalue weighted by atomic mass is 10.0. The molecule has 1 aromatic rings. The maximum Gasteiger partial charge on any atom is 0.261 e. The summed E-state index contributed by atoms with van der Waals surface area (Å²) in [6.45, 7) is 7.36. The summed E-state index contributed by atoms with van der Waals surface area (Å²) >= 11 is 1.43. The van der Waals surface area contributed by atoms with Gasteiger partial charge in [-0.25, -0.2) is 0 Å². The van der Waals surface area contributed by atoms with E-state index >= 15 is 0 Å². The molecule has 1 aromatic heterocycles. The van der Waals surface area contributed by atoms with Crippen molar-refractivity contribution in [1.29, 1.82) is 0 Å². The molecule has 116 valence electrons. The van der Waals surface area contributed by atoms with Crippen LogP contribution in [0.15, 0.2) is 6.07 Å². The smallest absolute Gasteiger partial charge is 0.261 e. The van der Waals surface area contributed by atoms with E-state index in [-0.39, 0.29) is 11.9 Å². The molecule has 3 N–H and O–H groups in total. The lowest BCUT2D eigenvalue weighted by Gasteiger charge is -2.25. The van der Waals surface area contributed by atoms with Gasteiger partial charge in [-0.05, 0) is 38.6 Å². The van der Waals surface area contributed by atoms with Crippen molar-refractivity contribution in [2.45, 2.75) is 26.8 Å². The monoisotopic (exact) mass is 307 g/mol. The van der Waals surface area contributed by atoms with Gasteiger partial charge in [0.15, 0.2) is 0 Å². The molecule has 0 aliphatic rings. The van der Waals surface area contributed by atoms with E-state index in [1.807, 2.05) is 27.1 Å². The maximum absolute atomic E-state index is 12.4. The summed E-state index contributed by atoms with van der Waals surface area (Å²) in [5.74, 6) is 6.20. The lowest BCUT2D eigenvalue weighted by Crippen LogP contribution is -2.44. The van der Waals surface area contributed by atoms with Crippen LogP contribution in [0.25, 0.3) is 0 Å². The minimum atomic E-state index is -0.0237. The van der Waals surface area contributed by atoms with Gasteiger partial charge in [0.25, 0.3) is 5.91 Å². The number of aryl methyl sites for hydroxylation is 1. The van der Waals surface area contributed by atoms with Gasteiger partial charge in [0.1, 0.15) is 0 Å². The summed E-state index contributed by atoms with van der Waals surface area (Å²) in [5.41, 5.74) is 6.41. The molecule has 0 radical (unpaired) electrons. The Morgan fingerprint density at radius 3 is 2.67 bits per heavy atom. The molecule has 0 fully saturated rings. The summed E-state index contributed by atoms with van der Waals surface area (Å²) in [5, 5.41) is 3.12. The number of nitrogens with two attached hydrogens (primary N) is 1. The van der Waals surface area contributed by atoms with Crippen LogP contribution in [-0.2, 0) is 0 Å². The van der Waals surface area contributed by atoms with E-state index in [1.165, 1.54) is 11.3 Å². The summed E-state index contributed by atoms with van der Waals surface area (Å²) in [6.07, 6.45) is 0. The highest BCUT2D eigenvalue weighted by Gasteiger charge is 2.19. The maximum atomic E-state index is 12.4. The number of carbonyl (C=O) groups excluding carboxylic acids is 1. The second kappa shape index (κ2) is 8.18. The molecule has 0 aliphatic carbocycles. The van der Waals surface area contributed by atoms with Crippen molar-refractivity contribution in [3.8, 4) is 11.8 Å². The predicted octanol–water partition coefficient (Wildman–Crippen LogP) is 1.68. The van der Waals surface area contributed by atoms with Crippen molar-refractivity contribution in [3.63, 3.8) is 0 Å². The van der Waals surface area contributed by atoms with Gasteiger partial charge in [-0.2, -0.15) is 0 Å². The van der Waals surface area contributed by atoms with Crippen molar-refractivity contribution in [2.75, 3.05) is 27.2 Å². The molecule has 0 aliphatic heterocycles. The first-order valence-corrected chi connectivity index (χ1v) is 7.91. The third-order valence-electron chi connectivity index (χ3n) is 3.13. The summed E-state index contributed by atoms with van der Waals surface area (Å²) in [7, 11) is 4.02. The summed E-state index contributed by atoms with van der Waals surface area (Å²) in [6, 6.07) is 2.03. The zero-order chi connectivity index (χ0) is 16.0. The fraction of sp³-hybridized carbons (Fsp3) is 0.562. The van der Waals surface area contributed by atoms with E-state index in [1.54, 1.807) is 0 Å². The predicted molar refractivity (Wildman–Crippen MR) is 89.6 cm³/mol. The van der Waals surface area contributed by atoms with Gasteiger partial charge in [-0.3, -0.25) is 4.79 Å². The quantitative estimate of drug-likeness (QED) is 0.814. The van der Waals surface area contributed by atoms with E-state index in [0.29, 0.717) is 17.3 Å². The zero-order valence-electron chi connectivity index (χ0n) is 13.5. The van der Waals surface area contributed by atoms with E-state index in [0.717, 1.165) is 17.0 Å².